The zero-order valence-electron chi connectivity index (χ0n) is 7.22. The fraction of sp³-hybridized carbons (Fsp3) is 0.667. The highest BCUT2D eigenvalue weighted by atomic mass is 19.5. The Morgan fingerprint density at radius 2 is 1.40 bits per heavy atom. The molecule has 1 nitrogen and oxygen atoms in total. The fourth-order valence-electron chi connectivity index (χ4n) is 0.229. The van der Waals surface area contributed by atoms with Crippen molar-refractivity contribution in [3.05, 3.63) is 12.6 Å². The summed E-state index contributed by atoms with van der Waals surface area (Å²) in [6, 6.07) is -1.70. The van der Waals surface area contributed by atoms with Crippen molar-refractivity contribution in [2.45, 2.75) is 25.6 Å². The van der Waals surface area contributed by atoms with E-state index >= 15 is 0 Å². The Hall–Kier alpha value is -1.02. The molecule has 0 aliphatic carbocycles. The standard InChI is InChI=1S/C5H6F4O.CF4/c1-3(6)5(8,9)10-4(2)7;2-1(3,4)5/h3H,2H2,1H3;. The first-order valence-corrected chi connectivity index (χ1v) is 3.17. The molecule has 0 N–H and O–H groups in total. The summed E-state index contributed by atoms with van der Waals surface area (Å²) in [4.78, 5) is 0. The molecular weight excluding hydrogens is 240 g/mol. The predicted octanol–water partition coefficient (Wildman–Crippen LogP) is 3.87. The van der Waals surface area contributed by atoms with E-state index in [0.717, 1.165) is 0 Å². The lowest BCUT2D eigenvalue weighted by Crippen LogP contribution is -2.29. The van der Waals surface area contributed by atoms with Crippen molar-refractivity contribution in [2.24, 2.45) is 0 Å². The van der Waals surface area contributed by atoms with Crippen LogP contribution in [-0.2, 0) is 4.74 Å². The molecule has 0 bridgehead atoms. The van der Waals surface area contributed by atoms with Crippen molar-refractivity contribution in [3.8, 4) is 0 Å². The van der Waals surface area contributed by atoms with E-state index in [9.17, 15) is 35.1 Å². The minimum Gasteiger partial charge on any atom is -0.405 e. The summed E-state index contributed by atoms with van der Waals surface area (Å²) in [5.74, 6) is 0. The molecular formula is C6H6F8O. The summed E-state index contributed by atoms with van der Waals surface area (Å²) >= 11 is 0. The van der Waals surface area contributed by atoms with E-state index in [1.807, 2.05) is 0 Å². The average molecular weight is 246 g/mol. The average Bonchev–Trinajstić information content (AvgIpc) is 1.78. The second-order valence-corrected chi connectivity index (χ2v) is 2.06. The quantitative estimate of drug-likeness (QED) is 0.542. The van der Waals surface area contributed by atoms with E-state index in [-0.39, 0.29) is 0 Å². The molecule has 0 aromatic heterocycles. The lowest BCUT2D eigenvalue weighted by atomic mass is 10.4. The summed E-state index contributed by atoms with van der Waals surface area (Å²) in [6.07, 6.45) is -12.2. The van der Waals surface area contributed by atoms with Crippen molar-refractivity contribution >= 4 is 0 Å². The van der Waals surface area contributed by atoms with Crippen LogP contribution in [-0.4, -0.2) is 18.7 Å². The fourth-order valence-corrected chi connectivity index (χ4v) is 0.229. The van der Waals surface area contributed by atoms with E-state index in [1.54, 1.807) is 0 Å². The van der Waals surface area contributed by atoms with Crippen LogP contribution in [0.5, 0.6) is 0 Å². The lowest BCUT2D eigenvalue weighted by molar-refractivity contribution is -0.258. The van der Waals surface area contributed by atoms with Crippen molar-refractivity contribution in [1.29, 1.82) is 0 Å². The van der Waals surface area contributed by atoms with Crippen molar-refractivity contribution in [3.63, 3.8) is 0 Å². The molecule has 0 aliphatic heterocycles. The Bertz CT molecular complexity index is 190. The van der Waals surface area contributed by atoms with Gasteiger partial charge in [0.1, 0.15) is 0 Å². The van der Waals surface area contributed by atoms with Gasteiger partial charge in [-0.25, -0.2) is 4.39 Å². The topological polar surface area (TPSA) is 9.23 Å². The van der Waals surface area contributed by atoms with Gasteiger partial charge in [-0.3, -0.25) is 0 Å². The van der Waals surface area contributed by atoms with Crippen LogP contribution < -0.4 is 0 Å². The molecule has 0 saturated carbocycles. The SMILES string of the molecule is C=C(F)OC(F)(F)C(C)F.FC(F)(F)F. The van der Waals surface area contributed by atoms with Crippen LogP contribution in [0.25, 0.3) is 0 Å². The zero-order chi connectivity index (χ0) is 12.9. The van der Waals surface area contributed by atoms with Crippen LogP contribution in [0.15, 0.2) is 12.6 Å². The van der Waals surface area contributed by atoms with Gasteiger partial charge in [-0.2, -0.15) is 13.2 Å². The number of hydrogen-bond acceptors (Lipinski definition) is 1. The van der Waals surface area contributed by atoms with Crippen LogP contribution in [0, 0.1) is 0 Å². The van der Waals surface area contributed by atoms with Crippen LogP contribution >= 0.6 is 0 Å². The molecule has 0 heterocycles. The molecule has 92 valence electrons. The van der Waals surface area contributed by atoms with Gasteiger partial charge in [0.15, 0.2) is 0 Å². The van der Waals surface area contributed by atoms with E-state index in [1.165, 1.54) is 0 Å². The van der Waals surface area contributed by atoms with Crippen LogP contribution in [0.1, 0.15) is 6.92 Å². The molecule has 0 aromatic rings. The van der Waals surface area contributed by atoms with Gasteiger partial charge >= 0.3 is 12.5 Å². The van der Waals surface area contributed by atoms with Gasteiger partial charge in [0.05, 0.1) is 0 Å². The number of hydrogen-bond donors (Lipinski definition) is 0. The van der Waals surface area contributed by atoms with E-state index in [0.29, 0.717) is 6.92 Å². The third kappa shape index (κ3) is 15.7. The second kappa shape index (κ2) is 5.76. The maximum absolute atomic E-state index is 11.9. The third-order valence-electron chi connectivity index (χ3n) is 0.710. The van der Waals surface area contributed by atoms with Gasteiger partial charge in [0.2, 0.25) is 6.17 Å². The summed E-state index contributed by atoms with van der Waals surface area (Å²) in [5, 5.41) is 0. The van der Waals surface area contributed by atoms with Crippen LogP contribution in [0.4, 0.5) is 35.1 Å². The van der Waals surface area contributed by atoms with Crippen LogP contribution in [0.2, 0.25) is 0 Å². The summed E-state index contributed by atoms with van der Waals surface area (Å²) in [7, 11) is 0. The number of halogens is 8. The molecule has 1 atom stereocenters. The van der Waals surface area contributed by atoms with Gasteiger partial charge < -0.3 is 4.74 Å². The van der Waals surface area contributed by atoms with E-state index in [4.69, 9.17) is 0 Å². The lowest BCUT2D eigenvalue weighted by Gasteiger charge is -2.16. The molecule has 0 amide bonds. The molecule has 0 spiro atoms. The highest BCUT2D eigenvalue weighted by Crippen LogP contribution is 2.25. The Balaban J connectivity index is 0. The first-order chi connectivity index (χ1) is 6.36. The Morgan fingerprint density at radius 3 is 1.47 bits per heavy atom. The first kappa shape index (κ1) is 16.4. The molecule has 0 saturated heterocycles. The van der Waals surface area contributed by atoms with Crippen LogP contribution in [0.3, 0.4) is 0 Å². The van der Waals surface area contributed by atoms with Gasteiger partial charge in [0, 0.05) is 0 Å². The summed E-state index contributed by atoms with van der Waals surface area (Å²) in [5.41, 5.74) is 0. The highest BCUT2D eigenvalue weighted by molar-refractivity contribution is 4.71. The number of rotatable bonds is 3. The second-order valence-electron chi connectivity index (χ2n) is 2.06. The molecule has 15 heavy (non-hydrogen) atoms. The minimum atomic E-state index is -5.50. The normalized spacial score (nSPS) is 13.7. The summed E-state index contributed by atoms with van der Waals surface area (Å²) in [6.45, 7) is 2.95. The Kier molecular flexibility index (Phi) is 6.30. The predicted molar refractivity (Wildman–Crippen MR) is 34.0 cm³/mol. The van der Waals surface area contributed by atoms with Gasteiger partial charge in [-0.15, -0.1) is 17.6 Å². The summed E-state index contributed by atoms with van der Waals surface area (Å²) < 4.78 is 88.9. The van der Waals surface area contributed by atoms with Gasteiger partial charge in [-0.05, 0) is 13.5 Å². The maximum Gasteiger partial charge on any atom is 0.559 e. The maximum atomic E-state index is 11.9. The minimum absolute atomic E-state index is 0.558. The molecule has 9 heteroatoms. The smallest absolute Gasteiger partial charge is 0.405 e. The monoisotopic (exact) mass is 246 g/mol. The van der Waals surface area contributed by atoms with Crippen molar-refractivity contribution in [1.82, 2.24) is 0 Å². The van der Waals surface area contributed by atoms with Gasteiger partial charge in [-0.1, -0.05) is 0 Å². The Labute approximate surface area is 79.3 Å². The first-order valence-electron chi connectivity index (χ1n) is 3.17. The van der Waals surface area contributed by atoms with E-state index < -0.39 is 24.7 Å². The highest BCUT2D eigenvalue weighted by Gasteiger charge is 2.40. The molecule has 1 unspecified atom stereocenters. The van der Waals surface area contributed by atoms with Crippen molar-refractivity contribution < 1.29 is 39.9 Å². The van der Waals surface area contributed by atoms with Crippen molar-refractivity contribution in [2.75, 3.05) is 0 Å². The third-order valence-corrected chi connectivity index (χ3v) is 0.710. The molecule has 0 rings (SSSR count). The molecule has 0 fully saturated rings. The molecule has 0 radical (unpaired) electrons. The number of ether oxygens (including phenoxy) is 1. The molecule has 0 aromatic carbocycles. The molecule has 0 aliphatic rings. The van der Waals surface area contributed by atoms with E-state index in [2.05, 4.69) is 11.3 Å². The largest absolute Gasteiger partial charge is 0.559 e. The zero-order valence-corrected chi connectivity index (χ0v) is 7.22. The number of alkyl halides is 7. The van der Waals surface area contributed by atoms with Gasteiger partial charge in [0.25, 0.3) is 6.01 Å². The Morgan fingerprint density at radius 1 is 1.13 bits per heavy atom.